The smallest absolute Gasteiger partial charge is 0.433 e. The van der Waals surface area contributed by atoms with E-state index in [0.717, 1.165) is 18.2 Å². The number of hydrogen-bond donors (Lipinski definition) is 2. The maximum absolute atomic E-state index is 15.0. The second-order valence-electron chi connectivity index (χ2n) is 7.67. The third-order valence-corrected chi connectivity index (χ3v) is 5.75. The van der Waals surface area contributed by atoms with Crippen molar-refractivity contribution >= 4 is 39.1 Å². The molecular formula is C23H12BrF10N3O3. The van der Waals surface area contributed by atoms with Gasteiger partial charge in [0.15, 0.2) is 11.6 Å². The lowest BCUT2D eigenvalue weighted by Crippen LogP contribution is -2.50. The predicted octanol–water partition coefficient (Wildman–Crippen LogP) is 7.38. The first kappa shape index (κ1) is 30.6. The van der Waals surface area contributed by atoms with Crippen LogP contribution in [-0.2, 0) is 5.67 Å². The Morgan fingerprint density at radius 1 is 0.875 bits per heavy atom. The van der Waals surface area contributed by atoms with Gasteiger partial charge in [-0.25, -0.2) is 8.78 Å². The summed E-state index contributed by atoms with van der Waals surface area (Å²) in [4.78, 5) is 28.8. The van der Waals surface area contributed by atoms with Gasteiger partial charge in [-0.05, 0) is 52.3 Å². The number of hydrogen-bond acceptors (Lipinski definition) is 4. The Hall–Kier alpha value is -3.89. The van der Waals surface area contributed by atoms with E-state index in [9.17, 15) is 49.1 Å². The highest BCUT2D eigenvalue weighted by Crippen LogP contribution is 2.55. The molecule has 3 rings (SSSR count). The first-order chi connectivity index (χ1) is 18.5. The molecule has 2 amide bonds. The van der Waals surface area contributed by atoms with Crippen LogP contribution in [0.2, 0.25) is 0 Å². The van der Waals surface area contributed by atoms with Gasteiger partial charge in [0.25, 0.3) is 11.8 Å². The van der Waals surface area contributed by atoms with Crippen molar-refractivity contribution in [2.75, 3.05) is 10.6 Å². The van der Waals surface area contributed by atoms with E-state index in [1.54, 1.807) is 0 Å². The number of pyridine rings is 1. The summed E-state index contributed by atoms with van der Waals surface area (Å²) in [5, 5.41) is 4.00. The van der Waals surface area contributed by atoms with Gasteiger partial charge in [0.05, 0.1) is 16.9 Å². The number of nitrogens with zero attached hydrogens (tertiary/aromatic N) is 1. The van der Waals surface area contributed by atoms with E-state index in [2.05, 4.69) is 31.0 Å². The predicted molar refractivity (Wildman–Crippen MR) is 122 cm³/mol. The Morgan fingerprint density at radius 2 is 1.48 bits per heavy atom. The van der Waals surface area contributed by atoms with E-state index in [-0.39, 0.29) is 17.7 Å². The molecular weight excluding hydrogens is 636 g/mol. The second kappa shape index (κ2) is 11.3. The third-order valence-electron chi connectivity index (χ3n) is 5.12. The zero-order chi connectivity index (χ0) is 30.0. The fourth-order valence-corrected chi connectivity index (χ4v) is 3.80. The van der Waals surface area contributed by atoms with Gasteiger partial charge >= 0.3 is 24.6 Å². The minimum absolute atomic E-state index is 0.0589. The zero-order valence-corrected chi connectivity index (χ0v) is 20.7. The number of nitrogens with one attached hydrogen (secondary N) is 2. The number of alkyl halides is 9. The summed E-state index contributed by atoms with van der Waals surface area (Å²) in [5.74, 6) is -5.12. The molecule has 0 fully saturated rings. The highest BCUT2D eigenvalue weighted by Gasteiger charge is 2.73. The topological polar surface area (TPSA) is 80.3 Å². The van der Waals surface area contributed by atoms with Gasteiger partial charge in [-0.15, -0.1) is 0 Å². The zero-order valence-electron chi connectivity index (χ0n) is 19.1. The normalized spacial score (nSPS) is 12.3. The summed E-state index contributed by atoms with van der Waals surface area (Å²) < 4.78 is 138. The minimum Gasteiger partial charge on any atom is -0.433 e. The highest BCUT2D eigenvalue weighted by molar-refractivity contribution is 9.10. The largest absolute Gasteiger partial charge is 0.435 e. The average Bonchev–Trinajstić information content (AvgIpc) is 2.85. The second-order valence-corrected chi connectivity index (χ2v) is 8.53. The molecule has 1 heterocycles. The summed E-state index contributed by atoms with van der Waals surface area (Å²) in [6.07, 6.45) is -10.6. The molecule has 2 aromatic carbocycles. The number of carbonyl (C=O) groups is 2. The van der Waals surface area contributed by atoms with Crippen LogP contribution in [0, 0.1) is 5.82 Å². The quantitative estimate of drug-likeness (QED) is 0.262. The van der Waals surface area contributed by atoms with Gasteiger partial charge in [-0.2, -0.15) is 35.1 Å². The molecule has 0 unspecified atom stereocenters. The Balaban J connectivity index is 2.02. The minimum atomic E-state index is -6.58. The molecule has 40 heavy (non-hydrogen) atoms. The number of aromatic nitrogens is 1. The van der Waals surface area contributed by atoms with Gasteiger partial charge in [-0.1, -0.05) is 6.07 Å². The van der Waals surface area contributed by atoms with Crippen molar-refractivity contribution in [3.63, 3.8) is 0 Å². The van der Waals surface area contributed by atoms with Crippen molar-refractivity contribution in [3.05, 3.63) is 81.8 Å². The van der Waals surface area contributed by atoms with Crippen molar-refractivity contribution in [2.45, 2.75) is 24.6 Å². The van der Waals surface area contributed by atoms with Crippen LogP contribution in [-0.4, -0.2) is 35.8 Å². The average molecular weight is 648 g/mol. The van der Waals surface area contributed by atoms with Crippen LogP contribution in [0.4, 0.5) is 55.3 Å². The summed E-state index contributed by atoms with van der Waals surface area (Å²) >= 11 is 2.51. The molecule has 0 radical (unpaired) electrons. The van der Waals surface area contributed by atoms with Crippen molar-refractivity contribution in [1.82, 2.24) is 4.98 Å². The Labute approximate surface area is 225 Å². The first-order valence-electron chi connectivity index (χ1n) is 10.4. The Kier molecular flexibility index (Phi) is 8.66. The number of amides is 2. The van der Waals surface area contributed by atoms with Crippen LogP contribution >= 0.6 is 15.9 Å². The Bertz CT molecular complexity index is 1400. The molecule has 0 aliphatic heterocycles. The van der Waals surface area contributed by atoms with Crippen molar-refractivity contribution in [2.24, 2.45) is 0 Å². The van der Waals surface area contributed by atoms with E-state index in [0.29, 0.717) is 0 Å². The van der Waals surface area contributed by atoms with Crippen LogP contribution in [0.5, 0.6) is 5.75 Å². The summed E-state index contributed by atoms with van der Waals surface area (Å²) in [7, 11) is 0. The molecule has 6 nitrogen and oxygen atoms in total. The van der Waals surface area contributed by atoms with Crippen molar-refractivity contribution in [3.8, 4) is 5.75 Å². The summed E-state index contributed by atoms with van der Waals surface area (Å²) in [6, 6.07) is 5.21. The molecule has 0 bridgehead atoms. The van der Waals surface area contributed by atoms with Crippen LogP contribution in [0.1, 0.15) is 26.3 Å². The molecule has 0 saturated carbocycles. The Morgan fingerprint density at radius 3 is 2.02 bits per heavy atom. The molecule has 3 aromatic rings. The number of carbonyl (C=O) groups excluding carboxylic acids is 2. The van der Waals surface area contributed by atoms with E-state index in [1.807, 2.05) is 5.32 Å². The molecule has 17 heteroatoms. The first-order valence-corrected chi connectivity index (χ1v) is 11.2. The standard InChI is InChI=1S/C23H12BrF10N3O3/c24-13-8-11(21(28,22(29,30)31)23(32,33)34)9-15(40-20(26)27)17(13)37-19(39)12-2-1-3-14(16(12)25)36-18(38)10-4-6-35-7-5-10/h1-9,20H,(H,36,38)(H,37,39). The molecule has 214 valence electrons. The number of ether oxygens (including phenoxy) is 1. The van der Waals surface area contributed by atoms with Gasteiger partial charge < -0.3 is 15.4 Å². The fourth-order valence-electron chi connectivity index (χ4n) is 3.26. The van der Waals surface area contributed by atoms with E-state index in [1.165, 1.54) is 24.5 Å². The molecule has 0 aliphatic rings. The lowest BCUT2D eigenvalue weighted by molar-refractivity contribution is -0.348. The van der Waals surface area contributed by atoms with E-state index in [4.69, 9.17) is 0 Å². The molecule has 0 spiro atoms. The lowest BCUT2D eigenvalue weighted by Gasteiger charge is -2.31. The molecule has 0 saturated heterocycles. The van der Waals surface area contributed by atoms with Crippen molar-refractivity contribution in [1.29, 1.82) is 0 Å². The molecule has 0 atom stereocenters. The SMILES string of the molecule is O=C(Nc1cccc(C(=O)Nc2c(Br)cc(C(F)(C(F)(F)F)C(F)(F)F)cc2OC(F)F)c1F)c1ccncc1. The van der Waals surface area contributed by atoms with E-state index < -0.39 is 75.0 Å². The lowest BCUT2D eigenvalue weighted by atomic mass is 9.93. The molecule has 2 N–H and O–H groups in total. The summed E-state index contributed by atoms with van der Waals surface area (Å²) in [6.45, 7) is -3.85. The third kappa shape index (κ3) is 6.13. The van der Waals surface area contributed by atoms with Gasteiger partial charge in [0, 0.05) is 28.0 Å². The van der Waals surface area contributed by atoms with Crippen LogP contribution in [0.15, 0.2) is 59.3 Å². The van der Waals surface area contributed by atoms with Gasteiger partial charge in [-0.3, -0.25) is 14.6 Å². The number of halogens is 11. The number of benzene rings is 2. The van der Waals surface area contributed by atoms with Gasteiger partial charge in [0.2, 0.25) is 0 Å². The van der Waals surface area contributed by atoms with Crippen LogP contribution in [0.25, 0.3) is 0 Å². The van der Waals surface area contributed by atoms with Crippen LogP contribution < -0.4 is 15.4 Å². The highest BCUT2D eigenvalue weighted by atomic mass is 79.9. The van der Waals surface area contributed by atoms with Crippen LogP contribution in [0.3, 0.4) is 0 Å². The van der Waals surface area contributed by atoms with E-state index >= 15 is 4.39 Å². The molecule has 0 aliphatic carbocycles. The monoisotopic (exact) mass is 647 g/mol. The molecule has 1 aromatic heterocycles. The van der Waals surface area contributed by atoms with Gasteiger partial charge in [0.1, 0.15) is 0 Å². The number of anilines is 2. The van der Waals surface area contributed by atoms with Crippen molar-refractivity contribution < 1.29 is 58.2 Å². The number of rotatable bonds is 7. The summed E-state index contributed by atoms with van der Waals surface area (Å²) in [5.41, 5.74) is -10.5. The maximum atomic E-state index is 15.0. The fraction of sp³-hybridized carbons (Fsp3) is 0.174. The maximum Gasteiger partial charge on any atom is 0.435 e.